The molecular weight excluding hydrogens is 302 g/mol. The molecule has 1 heterocycles. The van der Waals surface area contributed by atoms with Gasteiger partial charge < -0.3 is 14.5 Å². The zero-order chi connectivity index (χ0) is 16.3. The standard InChI is InChI=1S/C16H20ClN3O2/c1-16(2,3)22-15(21)20-6-4-19(5-7-20)14-9-12(11-18)8-13(17)10-14/h8-10H,4-7H2,1-3H3. The number of piperazine rings is 1. The summed E-state index contributed by atoms with van der Waals surface area (Å²) >= 11 is 6.04. The predicted molar refractivity (Wildman–Crippen MR) is 86.2 cm³/mol. The van der Waals surface area contributed by atoms with Crippen LogP contribution in [0, 0.1) is 11.3 Å². The number of halogens is 1. The van der Waals surface area contributed by atoms with Gasteiger partial charge in [0.1, 0.15) is 5.60 Å². The van der Waals surface area contributed by atoms with Crippen LogP contribution in [0.5, 0.6) is 0 Å². The van der Waals surface area contributed by atoms with Crippen molar-refractivity contribution in [3.8, 4) is 6.07 Å². The molecule has 0 unspecified atom stereocenters. The van der Waals surface area contributed by atoms with Crippen molar-refractivity contribution < 1.29 is 9.53 Å². The first-order valence-electron chi connectivity index (χ1n) is 7.22. The van der Waals surface area contributed by atoms with Crippen LogP contribution >= 0.6 is 11.6 Å². The van der Waals surface area contributed by atoms with Crippen LogP contribution in [0.1, 0.15) is 26.3 Å². The summed E-state index contributed by atoms with van der Waals surface area (Å²) < 4.78 is 5.38. The van der Waals surface area contributed by atoms with Gasteiger partial charge in [0.2, 0.25) is 0 Å². The Morgan fingerprint density at radius 3 is 2.41 bits per heavy atom. The van der Waals surface area contributed by atoms with E-state index in [9.17, 15) is 4.79 Å². The second-order valence-corrected chi connectivity index (χ2v) is 6.70. The average Bonchev–Trinajstić information content (AvgIpc) is 2.45. The molecule has 1 aliphatic heterocycles. The van der Waals surface area contributed by atoms with Crippen molar-refractivity contribution >= 4 is 23.4 Å². The van der Waals surface area contributed by atoms with Crippen LogP contribution in [-0.2, 0) is 4.74 Å². The van der Waals surface area contributed by atoms with E-state index in [1.807, 2.05) is 32.9 Å². The van der Waals surface area contributed by atoms with Gasteiger partial charge in [-0.25, -0.2) is 4.79 Å². The van der Waals surface area contributed by atoms with E-state index in [2.05, 4.69) is 11.0 Å². The van der Waals surface area contributed by atoms with Gasteiger partial charge in [-0.15, -0.1) is 0 Å². The first kappa shape index (κ1) is 16.4. The Kier molecular flexibility index (Phi) is 4.82. The highest BCUT2D eigenvalue weighted by Gasteiger charge is 2.26. The number of hydrogen-bond donors (Lipinski definition) is 0. The lowest BCUT2D eigenvalue weighted by Gasteiger charge is -2.36. The minimum absolute atomic E-state index is 0.282. The maximum atomic E-state index is 12.0. The van der Waals surface area contributed by atoms with Crippen molar-refractivity contribution in [1.82, 2.24) is 4.90 Å². The smallest absolute Gasteiger partial charge is 0.410 e. The number of rotatable bonds is 1. The number of benzene rings is 1. The van der Waals surface area contributed by atoms with Crippen molar-refractivity contribution in [2.24, 2.45) is 0 Å². The van der Waals surface area contributed by atoms with Crippen molar-refractivity contribution in [3.05, 3.63) is 28.8 Å². The molecule has 22 heavy (non-hydrogen) atoms. The summed E-state index contributed by atoms with van der Waals surface area (Å²) in [6.45, 7) is 8.12. The van der Waals surface area contributed by atoms with Crippen LogP contribution in [0.3, 0.4) is 0 Å². The molecule has 118 valence electrons. The zero-order valence-electron chi connectivity index (χ0n) is 13.1. The molecule has 0 bridgehead atoms. The van der Waals surface area contributed by atoms with Gasteiger partial charge in [0.05, 0.1) is 11.6 Å². The van der Waals surface area contributed by atoms with Crippen molar-refractivity contribution in [1.29, 1.82) is 5.26 Å². The lowest BCUT2D eigenvalue weighted by Crippen LogP contribution is -2.50. The monoisotopic (exact) mass is 321 g/mol. The Labute approximate surface area is 136 Å². The highest BCUT2D eigenvalue weighted by Crippen LogP contribution is 2.23. The third-order valence-corrected chi connectivity index (χ3v) is 3.53. The van der Waals surface area contributed by atoms with E-state index in [0.29, 0.717) is 36.8 Å². The fourth-order valence-electron chi connectivity index (χ4n) is 2.29. The van der Waals surface area contributed by atoms with Crippen molar-refractivity contribution in [2.45, 2.75) is 26.4 Å². The molecule has 0 atom stereocenters. The zero-order valence-corrected chi connectivity index (χ0v) is 13.9. The molecule has 0 spiro atoms. The van der Waals surface area contributed by atoms with E-state index in [1.165, 1.54) is 0 Å². The van der Waals surface area contributed by atoms with Crippen LogP contribution in [-0.4, -0.2) is 42.8 Å². The van der Waals surface area contributed by atoms with Crippen LogP contribution in [0.4, 0.5) is 10.5 Å². The van der Waals surface area contributed by atoms with E-state index in [-0.39, 0.29) is 6.09 Å². The van der Waals surface area contributed by atoms with Gasteiger partial charge in [-0.3, -0.25) is 0 Å². The van der Waals surface area contributed by atoms with Crippen LogP contribution in [0.2, 0.25) is 5.02 Å². The number of ether oxygens (including phenoxy) is 1. The third kappa shape index (κ3) is 4.28. The van der Waals surface area contributed by atoms with Gasteiger partial charge in [-0.1, -0.05) is 11.6 Å². The van der Waals surface area contributed by atoms with Crippen molar-refractivity contribution in [3.63, 3.8) is 0 Å². The topological polar surface area (TPSA) is 56.6 Å². The number of carbonyl (C=O) groups excluding carboxylic acids is 1. The van der Waals surface area contributed by atoms with Gasteiger partial charge >= 0.3 is 6.09 Å². The lowest BCUT2D eigenvalue weighted by atomic mass is 10.2. The molecule has 5 nitrogen and oxygen atoms in total. The number of hydrogen-bond acceptors (Lipinski definition) is 4. The second-order valence-electron chi connectivity index (χ2n) is 6.26. The van der Waals surface area contributed by atoms with E-state index in [0.717, 1.165) is 5.69 Å². The Morgan fingerprint density at radius 1 is 1.23 bits per heavy atom. The fourth-order valence-corrected chi connectivity index (χ4v) is 2.52. The van der Waals surface area contributed by atoms with Crippen LogP contribution in [0.25, 0.3) is 0 Å². The number of nitrogens with zero attached hydrogens (tertiary/aromatic N) is 3. The number of amides is 1. The summed E-state index contributed by atoms with van der Waals surface area (Å²) in [4.78, 5) is 15.9. The normalized spacial score (nSPS) is 15.4. The summed E-state index contributed by atoms with van der Waals surface area (Å²) in [5, 5.41) is 9.56. The lowest BCUT2D eigenvalue weighted by molar-refractivity contribution is 0.0240. The molecule has 0 radical (unpaired) electrons. The molecule has 6 heteroatoms. The summed E-state index contributed by atoms with van der Waals surface area (Å²) in [5.41, 5.74) is 0.966. The molecule has 0 aromatic heterocycles. The quantitative estimate of drug-likeness (QED) is 0.796. The predicted octanol–water partition coefficient (Wildman–Crippen LogP) is 3.27. The van der Waals surface area contributed by atoms with E-state index in [1.54, 1.807) is 11.0 Å². The summed E-state index contributed by atoms with van der Waals surface area (Å²) in [6, 6.07) is 7.40. The largest absolute Gasteiger partial charge is 0.444 e. The van der Waals surface area contributed by atoms with Gasteiger partial charge in [0.25, 0.3) is 0 Å². The average molecular weight is 322 g/mol. The molecular formula is C16H20ClN3O2. The van der Waals surface area contributed by atoms with Crippen molar-refractivity contribution in [2.75, 3.05) is 31.1 Å². The van der Waals surface area contributed by atoms with E-state index in [4.69, 9.17) is 21.6 Å². The molecule has 1 saturated heterocycles. The molecule has 1 aromatic rings. The van der Waals surface area contributed by atoms with Gasteiger partial charge in [0, 0.05) is 36.9 Å². The van der Waals surface area contributed by atoms with Gasteiger partial charge in [0.15, 0.2) is 0 Å². The van der Waals surface area contributed by atoms with Gasteiger partial charge in [-0.05, 0) is 39.0 Å². The molecule has 0 saturated carbocycles. The maximum absolute atomic E-state index is 12.0. The van der Waals surface area contributed by atoms with E-state index >= 15 is 0 Å². The van der Waals surface area contributed by atoms with Crippen LogP contribution in [0.15, 0.2) is 18.2 Å². The van der Waals surface area contributed by atoms with E-state index < -0.39 is 5.60 Å². The summed E-state index contributed by atoms with van der Waals surface area (Å²) in [5.74, 6) is 0. The Balaban J connectivity index is 1.99. The Morgan fingerprint density at radius 2 is 1.86 bits per heavy atom. The molecule has 1 fully saturated rings. The maximum Gasteiger partial charge on any atom is 0.410 e. The summed E-state index contributed by atoms with van der Waals surface area (Å²) in [7, 11) is 0. The first-order valence-corrected chi connectivity index (χ1v) is 7.60. The Hall–Kier alpha value is -1.93. The number of nitriles is 1. The number of carbonyl (C=O) groups is 1. The molecule has 0 aliphatic carbocycles. The number of anilines is 1. The fraction of sp³-hybridized carbons (Fsp3) is 0.500. The summed E-state index contributed by atoms with van der Waals surface area (Å²) in [6.07, 6.45) is -0.282. The highest BCUT2D eigenvalue weighted by molar-refractivity contribution is 6.31. The molecule has 0 N–H and O–H groups in total. The molecule has 2 rings (SSSR count). The van der Waals surface area contributed by atoms with Crippen LogP contribution < -0.4 is 4.90 Å². The molecule has 1 amide bonds. The highest BCUT2D eigenvalue weighted by atomic mass is 35.5. The molecule has 1 aliphatic rings. The second kappa shape index (κ2) is 6.45. The first-order chi connectivity index (χ1) is 10.3. The van der Waals surface area contributed by atoms with Gasteiger partial charge in [-0.2, -0.15) is 5.26 Å². The SMILES string of the molecule is CC(C)(C)OC(=O)N1CCN(c2cc(Cl)cc(C#N)c2)CC1. The minimum Gasteiger partial charge on any atom is -0.444 e. The minimum atomic E-state index is -0.483. The molecule has 1 aromatic carbocycles. The Bertz CT molecular complexity index is 596. The third-order valence-electron chi connectivity index (χ3n) is 3.31.